The first kappa shape index (κ1) is 25.5. The molecule has 40 heavy (non-hydrogen) atoms. The lowest BCUT2D eigenvalue weighted by Crippen LogP contribution is -2.20. The Kier molecular flexibility index (Phi) is 7.10. The third-order valence-electron chi connectivity index (χ3n) is 7.74. The van der Waals surface area contributed by atoms with Gasteiger partial charge in [0.25, 0.3) is 0 Å². The van der Waals surface area contributed by atoms with Gasteiger partial charge in [-0.05, 0) is 73.7 Å². The minimum atomic E-state index is 0.517. The van der Waals surface area contributed by atoms with E-state index in [-0.39, 0.29) is 0 Å². The van der Waals surface area contributed by atoms with Crippen LogP contribution in [0.1, 0.15) is 44.6 Å². The van der Waals surface area contributed by atoms with Crippen molar-refractivity contribution in [2.75, 3.05) is 0 Å². The highest BCUT2D eigenvalue weighted by Gasteiger charge is 2.18. The van der Waals surface area contributed by atoms with Crippen LogP contribution in [0.25, 0.3) is 50.2 Å². The van der Waals surface area contributed by atoms with Crippen molar-refractivity contribution in [3.05, 3.63) is 103 Å². The van der Waals surface area contributed by atoms with Gasteiger partial charge in [0.2, 0.25) is 0 Å². The average molecular weight is 528 g/mol. The van der Waals surface area contributed by atoms with E-state index in [1.54, 1.807) is 6.20 Å². The largest absolute Gasteiger partial charge is 0.359 e. The molecule has 0 aliphatic heterocycles. The summed E-state index contributed by atoms with van der Waals surface area (Å²) in [5.74, 6) is 0.517. The van der Waals surface area contributed by atoms with Crippen molar-refractivity contribution in [3.8, 4) is 22.6 Å². The van der Waals surface area contributed by atoms with Crippen molar-refractivity contribution in [1.29, 1.82) is 0 Å². The number of aromatic nitrogens is 6. The zero-order valence-corrected chi connectivity index (χ0v) is 22.7. The molecular formula is C33H33N7. The molecule has 3 N–H and O–H groups in total. The molecule has 0 radical (unpaired) electrons. The molecule has 0 spiro atoms. The Bertz CT molecular complexity index is 1750. The molecule has 1 aliphatic carbocycles. The Morgan fingerprint density at radius 1 is 1.05 bits per heavy atom. The van der Waals surface area contributed by atoms with E-state index < -0.39 is 0 Å². The molecule has 6 rings (SSSR count). The van der Waals surface area contributed by atoms with Crippen molar-refractivity contribution in [2.45, 2.75) is 39.0 Å². The van der Waals surface area contributed by atoms with Crippen LogP contribution in [0.2, 0.25) is 0 Å². The Hall–Kier alpha value is -4.78. The maximum absolute atomic E-state index is 4.67. The number of nitrogens with one attached hydrogen (secondary N) is 3. The minimum Gasteiger partial charge on any atom is -0.359 e. The molecule has 0 aromatic carbocycles. The Morgan fingerprint density at radius 3 is 2.70 bits per heavy atom. The molecular weight excluding hydrogens is 494 g/mol. The Balaban J connectivity index is 1.33. The molecule has 0 saturated heterocycles. The van der Waals surface area contributed by atoms with Crippen molar-refractivity contribution < 1.29 is 0 Å². The summed E-state index contributed by atoms with van der Waals surface area (Å²) in [6.07, 6.45) is 19.6. The number of aromatic amines is 2. The topological polar surface area (TPSA) is 95.2 Å². The second-order valence-electron chi connectivity index (χ2n) is 10.3. The molecule has 1 aliphatic rings. The Labute approximate surface area is 233 Å². The van der Waals surface area contributed by atoms with E-state index in [0.717, 1.165) is 61.5 Å². The smallest absolute Gasteiger partial charge is 0.181 e. The molecule has 5 heterocycles. The lowest BCUT2D eigenvalue weighted by atomic mass is 9.87. The van der Waals surface area contributed by atoms with Crippen LogP contribution in [0.3, 0.4) is 0 Å². The maximum atomic E-state index is 4.67. The van der Waals surface area contributed by atoms with Crippen molar-refractivity contribution in [2.24, 2.45) is 5.92 Å². The standard InChI is InChI=1S/C33H33N7/c1-4-22(16-26(5-2)37-21(3)23-10-7-6-8-11-23)25-17-28-32(39-40-33(28)36-20-25)30-18-27-29(38-30)13-15-35-31(27)24-12-9-14-34-19-24/h4-5,9,12-20,23,37-38H,2-3,6-8,10-11H2,1H3,(H,36,39,40)/b22-4+,26-16+. The summed E-state index contributed by atoms with van der Waals surface area (Å²) >= 11 is 0. The summed E-state index contributed by atoms with van der Waals surface area (Å²) in [7, 11) is 0. The summed E-state index contributed by atoms with van der Waals surface area (Å²) in [6, 6.07) is 10.2. The number of hydrogen-bond donors (Lipinski definition) is 3. The third-order valence-corrected chi connectivity index (χ3v) is 7.74. The molecule has 0 unspecified atom stereocenters. The van der Waals surface area contributed by atoms with Gasteiger partial charge in [0.1, 0.15) is 0 Å². The van der Waals surface area contributed by atoms with Gasteiger partial charge in [0, 0.05) is 63.6 Å². The summed E-state index contributed by atoms with van der Waals surface area (Å²) in [4.78, 5) is 17.1. The highest BCUT2D eigenvalue weighted by molar-refractivity contribution is 5.99. The van der Waals surface area contributed by atoms with Crippen LogP contribution in [0.4, 0.5) is 0 Å². The first-order chi connectivity index (χ1) is 19.6. The van der Waals surface area contributed by atoms with Gasteiger partial charge in [-0.25, -0.2) is 4.98 Å². The minimum absolute atomic E-state index is 0.517. The molecule has 1 saturated carbocycles. The predicted molar refractivity (Wildman–Crippen MR) is 163 cm³/mol. The fourth-order valence-electron chi connectivity index (χ4n) is 5.57. The van der Waals surface area contributed by atoms with E-state index in [1.165, 1.54) is 32.1 Å². The third kappa shape index (κ3) is 4.98. The van der Waals surface area contributed by atoms with Gasteiger partial charge in [-0.3, -0.25) is 15.1 Å². The number of allylic oxidation sites excluding steroid dienone is 5. The Morgan fingerprint density at radius 2 is 1.93 bits per heavy atom. The molecule has 5 aromatic heterocycles. The second kappa shape index (κ2) is 11.1. The van der Waals surface area contributed by atoms with E-state index in [1.807, 2.05) is 49.8 Å². The van der Waals surface area contributed by atoms with Gasteiger partial charge in [-0.15, -0.1) is 0 Å². The summed E-state index contributed by atoms with van der Waals surface area (Å²) in [5, 5.41) is 13.2. The molecule has 200 valence electrons. The summed E-state index contributed by atoms with van der Waals surface area (Å²) in [6.45, 7) is 10.4. The van der Waals surface area contributed by atoms with Crippen LogP contribution in [0.5, 0.6) is 0 Å². The molecule has 0 atom stereocenters. The molecule has 5 aromatic rings. The molecule has 7 nitrogen and oxygen atoms in total. The summed E-state index contributed by atoms with van der Waals surface area (Å²) < 4.78 is 0. The number of H-pyrrole nitrogens is 2. The van der Waals surface area contributed by atoms with Gasteiger partial charge in [-0.1, -0.05) is 38.5 Å². The van der Waals surface area contributed by atoms with E-state index in [2.05, 4.69) is 72.9 Å². The lowest BCUT2D eigenvalue weighted by Gasteiger charge is -2.25. The van der Waals surface area contributed by atoms with Crippen molar-refractivity contribution in [1.82, 2.24) is 35.5 Å². The van der Waals surface area contributed by atoms with Gasteiger partial charge >= 0.3 is 0 Å². The molecule has 7 heteroatoms. The van der Waals surface area contributed by atoms with Crippen LogP contribution in [-0.4, -0.2) is 30.1 Å². The number of fused-ring (bicyclic) bond motifs is 2. The molecule has 0 bridgehead atoms. The first-order valence-corrected chi connectivity index (χ1v) is 13.8. The lowest BCUT2D eigenvalue weighted by molar-refractivity contribution is 0.393. The van der Waals surface area contributed by atoms with Gasteiger partial charge in [0.15, 0.2) is 5.65 Å². The number of pyridine rings is 3. The van der Waals surface area contributed by atoms with E-state index >= 15 is 0 Å². The zero-order chi connectivity index (χ0) is 27.5. The second-order valence-corrected chi connectivity index (χ2v) is 10.3. The van der Waals surface area contributed by atoms with Gasteiger partial charge < -0.3 is 10.3 Å². The fourth-order valence-corrected chi connectivity index (χ4v) is 5.57. The molecule has 0 amide bonds. The monoisotopic (exact) mass is 527 g/mol. The fraction of sp³-hybridized carbons (Fsp3) is 0.212. The quantitative estimate of drug-likeness (QED) is 0.180. The highest BCUT2D eigenvalue weighted by atomic mass is 15.2. The van der Waals surface area contributed by atoms with Crippen LogP contribution in [-0.2, 0) is 0 Å². The van der Waals surface area contributed by atoms with Crippen molar-refractivity contribution in [3.63, 3.8) is 0 Å². The van der Waals surface area contributed by atoms with Crippen LogP contribution in [0.15, 0.2) is 97.9 Å². The van der Waals surface area contributed by atoms with Gasteiger partial charge in [0.05, 0.1) is 17.1 Å². The normalized spacial score (nSPS) is 15.0. The van der Waals surface area contributed by atoms with Crippen LogP contribution >= 0.6 is 0 Å². The van der Waals surface area contributed by atoms with E-state index in [9.17, 15) is 0 Å². The van der Waals surface area contributed by atoms with E-state index in [0.29, 0.717) is 11.6 Å². The summed E-state index contributed by atoms with van der Waals surface area (Å²) in [5.41, 5.74) is 9.36. The molecule has 1 fully saturated rings. The SMILES string of the molecule is C=C/C(=C\C(=C/C)c1cnc2n[nH]c(-c3cc4c(-c5cccnc5)nccc4[nH]3)c2c1)NC(=C)C1CCCCC1. The van der Waals surface area contributed by atoms with E-state index in [4.69, 9.17) is 0 Å². The maximum Gasteiger partial charge on any atom is 0.181 e. The van der Waals surface area contributed by atoms with Crippen molar-refractivity contribution >= 4 is 27.5 Å². The zero-order valence-electron chi connectivity index (χ0n) is 22.7. The average Bonchev–Trinajstić information content (AvgIpc) is 3.64. The number of nitrogens with zero attached hydrogens (tertiary/aromatic N) is 4. The van der Waals surface area contributed by atoms with Crippen LogP contribution in [0, 0.1) is 5.92 Å². The predicted octanol–water partition coefficient (Wildman–Crippen LogP) is 7.72. The number of rotatable bonds is 8. The van der Waals surface area contributed by atoms with Crippen LogP contribution < -0.4 is 5.32 Å². The number of hydrogen-bond acceptors (Lipinski definition) is 5. The first-order valence-electron chi connectivity index (χ1n) is 13.8. The highest BCUT2D eigenvalue weighted by Crippen LogP contribution is 2.33. The van der Waals surface area contributed by atoms with Gasteiger partial charge in [-0.2, -0.15) is 5.10 Å².